The minimum atomic E-state index is -0.786. The van der Waals surface area contributed by atoms with Gasteiger partial charge in [0.05, 0.1) is 23.2 Å². The summed E-state index contributed by atoms with van der Waals surface area (Å²) in [7, 11) is 0. The normalized spacial score (nSPS) is 10.9. The van der Waals surface area contributed by atoms with Crippen LogP contribution in [0.1, 0.15) is 21.5 Å². The number of aromatic nitrogens is 3. The van der Waals surface area contributed by atoms with E-state index in [9.17, 15) is 9.59 Å². The molecule has 0 unspecified atom stereocenters. The van der Waals surface area contributed by atoms with Crippen molar-refractivity contribution in [1.82, 2.24) is 20.4 Å². The first-order chi connectivity index (χ1) is 13.6. The maximum Gasteiger partial charge on any atom is 0.290 e. The molecule has 0 aliphatic carbocycles. The summed E-state index contributed by atoms with van der Waals surface area (Å²) < 4.78 is 5.86. The van der Waals surface area contributed by atoms with Gasteiger partial charge in [-0.05, 0) is 23.3 Å². The van der Waals surface area contributed by atoms with E-state index in [1.165, 1.54) is 11.3 Å². The van der Waals surface area contributed by atoms with Crippen LogP contribution in [0.2, 0.25) is 0 Å². The highest BCUT2D eigenvalue weighted by Crippen LogP contribution is 2.28. The second-order valence-electron chi connectivity index (χ2n) is 5.99. The van der Waals surface area contributed by atoms with Crippen LogP contribution in [0.4, 0.5) is 0 Å². The van der Waals surface area contributed by atoms with Gasteiger partial charge in [-0.3, -0.25) is 9.59 Å². The van der Waals surface area contributed by atoms with Gasteiger partial charge in [0, 0.05) is 0 Å². The molecule has 9 heteroatoms. The van der Waals surface area contributed by atoms with Crippen molar-refractivity contribution in [3.8, 4) is 11.1 Å². The number of amides is 2. The second-order valence-corrected chi connectivity index (χ2v) is 7.10. The lowest BCUT2D eigenvalue weighted by atomic mass is 10.1. The molecule has 8 nitrogen and oxygen atoms in total. The minimum absolute atomic E-state index is 0.0160. The number of carbonyl (C=O) groups excluding carboxylic acids is 2. The summed E-state index contributed by atoms with van der Waals surface area (Å²) in [4.78, 5) is 31.4. The highest BCUT2D eigenvalue weighted by Gasteiger charge is 2.13. The molecule has 0 aliphatic rings. The molecule has 2 heterocycles. The van der Waals surface area contributed by atoms with Crippen LogP contribution in [-0.2, 0) is 17.8 Å². The summed E-state index contributed by atoms with van der Waals surface area (Å²) in [5.41, 5.74) is 8.15. The van der Waals surface area contributed by atoms with E-state index in [0.29, 0.717) is 5.01 Å². The maximum atomic E-state index is 12.2. The van der Waals surface area contributed by atoms with E-state index in [-0.39, 0.29) is 30.6 Å². The summed E-state index contributed by atoms with van der Waals surface area (Å²) >= 11 is 1.48. The fourth-order valence-corrected chi connectivity index (χ4v) is 3.66. The molecular weight excluding hydrogens is 378 g/mol. The molecule has 0 radical (unpaired) electrons. The number of nitrogens with zero attached hydrogens (tertiary/aromatic N) is 3. The average molecular weight is 393 g/mol. The summed E-state index contributed by atoms with van der Waals surface area (Å²) in [5, 5.41) is 6.79. The van der Waals surface area contributed by atoms with Gasteiger partial charge in [-0.15, -0.1) is 11.3 Å². The smallest absolute Gasteiger partial charge is 0.290 e. The van der Waals surface area contributed by atoms with E-state index < -0.39 is 5.91 Å². The first-order valence-electron chi connectivity index (χ1n) is 8.42. The topological polar surface area (TPSA) is 124 Å². The van der Waals surface area contributed by atoms with Crippen LogP contribution in [0.3, 0.4) is 0 Å². The Labute approximate surface area is 163 Å². The van der Waals surface area contributed by atoms with Crippen molar-refractivity contribution in [2.75, 3.05) is 0 Å². The lowest BCUT2D eigenvalue weighted by Crippen LogP contribution is -2.24. The Balaban J connectivity index is 1.42. The maximum absolute atomic E-state index is 12.2. The summed E-state index contributed by atoms with van der Waals surface area (Å²) in [6.07, 6.45) is 0.136. The number of benzene rings is 2. The number of nitrogens with two attached hydrogens (primary N) is 1. The van der Waals surface area contributed by atoms with Gasteiger partial charge in [0.25, 0.3) is 11.7 Å². The standard InChI is InChI=1S/C19H15N5O3S/c20-18(26)19-23-16(27-24-19)10-21-15(25)9-17-22-13-7-6-12(8-14(13)28-17)11-4-2-1-3-5-11/h1-8H,9-10H2,(H2,20,26)(H,21,25). The summed E-state index contributed by atoms with van der Waals surface area (Å²) in [6.45, 7) is 0.0160. The van der Waals surface area contributed by atoms with Gasteiger partial charge in [0.2, 0.25) is 11.8 Å². The monoisotopic (exact) mass is 393 g/mol. The number of thiazole rings is 1. The number of hydrogen-bond donors (Lipinski definition) is 2. The van der Waals surface area contributed by atoms with Crippen molar-refractivity contribution in [2.45, 2.75) is 13.0 Å². The van der Waals surface area contributed by atoms with E-state index in [1.807, 2.05) is 30.3 Å². The van der Waals surface area contributed by atoms with Crippen LogP contribution in [0.25, 0.3) is 21.3 Å². The molecule has 0 saturated heterocycles. The number of primary amides is 1. The Kier molecular flexibility index (Phi) is 4.81. The predicted octanol–water partition coefficient (Wildman–Crippen LogP) is 2.30. The first kappa shape index (κ1) is 17.8. The van der Waals surface area contributed by atoms with Gasteiger partial charge in [0.15, 0.2) is 0 Å². The third-order valence-electron chi connectivity index (χ3n) is 3.98. The molecule has 0 atom stereocenters. The van der Waals surface area contributed by atoms with Crippen LogP contribution in [0.5, 0.6) is 0 Å². The molecule has 0 fully saturated rings. The van der Waals surface area contributed by atoms with Gasteiger partial charge in [0.1, 0.15) is 5.01 Å². The number of fused-ring (bicyclic) bond motifs is 1. The zero-order chi connectivity index (χ0) is 19.5. The van der Waals surface area contributed by atoms with Crippen LogP contribution < -0.4 is 11.1 Å². The van der Waals surface area contributed by atoms with Gasteiger partial charge < -0.3 is 15.6 Å². The molecule has 4 rings (SSSR count). The zero-order valence-electron chi connectivity index (χ0n) is 14.6. The van der Waals surface area contributed by atoms with Crippen molar-refractivity contribution in [2.24, 2.45) is 5.73 Å². The zero-order valence-corrected chi connectivity index (χ0v) is 15.4. The fraction of sp³-hybridized carbons (Fsp3) is 0.105. The molecule has 0 saturated carbocycles. The fourth-order valence-electron chi connectivity index (χ4n) is 2.66. The van der Waals surface area contributed by atoms with Crippen LogP contribution in [0, 0.1) is 0 Å². The van der Waals surface area contributed by atoms with E-state index in [1.54, 1.807) is 0 Å². The highest BCUT2D eigenvalue weighted by atomic mass is 32.1. The van der Waals surface area contributed by atoms with Crippen molar-refractivity contribution in [3.05, 3.63) is 65.3 Å². The van der Waals surface area contributed by atoms with Crippen molar-refractivity contribution >= 4 is 33.4 Å². The Morgan fingerprint density at radius 3 is 2.64 bits per heavy atom. The van der Waals surface area contributed by atoms with E-state index in [2.05, 4.69) is 38.6 Å². The Hall–Kier alpha value is -3.59. The minimum Gasteiger partial charge on any atom is -0.363 e. The van der Waals surface area contributed by atoms with Gasteiger partial charge in [-0.2, -0.15) is 4.98 Å². The van der Waals surface area contributed by atoms with Crippen LogP contribution in [-0.4, -0.2) is 26.9 Å². The highest BCUT2D eigenvalue weighted by molar-refractivity contribution is 7.18. The molecule has 0 aliphatic heterocycles. The van der Waals surface area contributed by atoms with Crippen molar-refractivity contribution < 1.29 is 14.1 Å². The third-order valence-corrected chi connectivity index (χ3v) is 5.00. The third kappa shape index (κ3) is 3.89. The van der Waals surface area contributed by atoms with E-state index >= 15 is 0 Å². The van der Waals surface area contributed by atoms with Crippen molar-refractivity contribution in [1.29, 1.82) is 0 Å². The molecule has 4 aromatic rings. The first-order valence-corrected chi connectivity index (χ1v) is 9.24. The predicted molar refractivity (Wildman–Crippen MR) is 103 cm³/mol. The van der Waals surface area contributed by atoms with Gasteiger partial charge in [-0.25, -0.2) is 4.98 Å². The Morgan fingerprint density at radius 2 is 1.89 bits per heavy atom. The molecule has 2 amide bonds. The summed E-state index contributed by atoms with van der Waals surface area (Å²) in [5.74, 6) is -1.13. The van der Waals surface area contributed by atoms with Crippen molar-refractivity contribution in [3.63, 3.8) is 0 Å². The molecule has 0 spiro atoms. The number of hydrogen-bond acceptors (Lipinski definition) is 7. The Bertz CT molecular complexity index is 1150. The molecule has 3 N–H and O–H groups in total. The van der Waals surface area contributed by atoms with Crippen LogP contribution in [0.15, 0.2) is 53.1 Å². The number of nitrogens with one attached hydrogen (secondary N) is 1. The van der Waals surface area contributed by atoms with Gasteiger partial charge >= 0.3 is 0 Å². The number of carbonyl (C=O) groups is 2. The summed E-state index contributed by atoms with van der Waals surface area (Å²) in [6, 6.07) is 16.1. The molecule has 2 aromatic carbocycles. The lowest BCUT2D eigenvalue weighted by molar-refractivity contribution is -0.120. The van der Waals surface area contributed by atoms with Crippen LogP contribution >= 0.6 is 11.3 Å². The molecule has 0 bridgehead atoms. The second kappa shape index (κ2) is 7.57. The Morgan fingerprint density at radius 1 is 1.07 bits per heavy atom. The average Bonchev–Trinajstić information content (AvgIpc) is 3.33. The molecular formula is C19H15N5O3S. The SMILES string of the molecule is NC(=O)c1noc(CNC(=O)Cc2nc3ccc(-c4ccccc4)cc3s2)n1. The number of rotatable bonds is 6. The molecule has 2 aromatic heterocycles. The van der Waals surface area contributed by atoms with E-state index in [4.69, 9.17) is 10.3 Å². The quantitative estimate of drug-likeness (QED) is 0.518. The largest absolute Gasteiger partial charge is 0.363 e. The van der Waals surface area contributed by atoms with E-state index in [0.717, 1.165) is 21.3 Å². The molecule has 28 heavy (non-hydrogen) atoms. The molecule has 140 valence electrons. The van der Waals surface area contributed by atoms with Gasteiger partial charge in [-0.1, -0.05) is 41.6 Å². The lowest BCUT2D eigenvalue weighted by Gasteiger charge is -2.00.